The van der Waals surface area contributed by atoms with Crippen molar-refractivity contribution in [1.82, 2.24) is 15.1 Å². The summed E-state index contributed by atoms with van der Waals surface area (Å²) in [6, 6.07) is 7.69. The molecule has 6 heteroatoms. The number of aliphatic carboxylic acids is 1. The lowest BCUT2D eigenvalue weighted by atomic mass is 9.96. The Balaban J connectivity index is 2.22. The van der Waals surface area contributed by atoms with Crippen LogP contribution < -0.4 is 5.32 Å². The van der Waals surface area contributed by atoms with Gasteiger partial charge in [-0.1, -0.05) is 31.5 Å². The number of aryl methyl sites for hydroxylation is 1. The molecule has 0 bridgehead atoms. The third-order valence-electron chi connectivity index (χ3n) is 3.82. The number of aromatic nitrogens is 2. The van der Waals surface area contributed by atoms with Crippen LogP contribution in [0.25, 0.3) is 5.69 Å². The Hall–Kier alpha value is -2.63. The number of rotatable bonds is 6. The number of hydrogen-bond acceptors (Lipinski definition) is 3. The van der Waals surface area contributed by atoms with E-state index in [1.807, 2.05) is 38.1 Å². The van der Waals surface area contributed by atoms with Crippen LogP contribution in [0.3, 0.4) is 0 Å². The first kappa shape index (κ1) is 16.7. The van der Waals surface area contributed by atoms with E-state index in [9.17, 15) is 14.7 Å². The first-order valence-electron chi connectivity index (χ1n) is 7.54. The van der Waals surface area contributed by atoms with Gasteiger partial charge in [0, 0.05) is 6.20 Å². The third-order valence-corrected chi connectivity index (χ3v) is 3.82. The summed E-state index contributed by atoms with van der Waals surface area (Å²) in [6.45, 7) is 5.35. The molecule has 6 nitrogen and oxygen atoms in total. The monoisotopic (exact) mass is 315 g/mol. The highest BCUT2D eigenvalue weighted by Crippen LogP contribution is 2.16. The van der Waals surface area contributed by atoms with Gasteiger partial charge >= 0.3 is 5.97 Å². The normalized spacial score (nSPS) is 13.3. The SMILES string of the molecule is CCCC(C)(NC(=O)c1cnn(-c2ccccc2C)c1)C(=O)O. The average Bonchev–Trinajstić information content (AvgIpc) is 2.97. The number of carbonyl (C=O) groups excluding carboxylic acids is 1. The Labute approximate surface area is 135 Å². The van der Waals surface area contributed by atoms with Crippen LogP contribution in [-0.4, -0.2) is 32.3 Å². The second-order valence-electron chi connectivity index (χ2n) is 5.80. The van der Waals surface area contributed by atoms with Crippen molar-refractivity contribution in [3.8, 4) is 5.69 Å². The van der Waals surface area contributed by atoms with E-state index in [0.717, 1.165) is 11.3 Å². The van der Waals surface area contributed by atoms with E-state index in [2.05, 4.69) is 10.4 Å². The van der Waals surface area contributed by atoms with Gasteiger partial charge in [-0.2, -0.15) is 5.10 Å². The van der Waals surface area contributed by atoms with Crippen molar-refractivity contribution < 1.29 is 14.7 Å². The number of hydrogen-bond donors (Lipinski definition) is 2. The van der Waals surface area contributed by atoms with Gasteiger partial charge in [-0.25, -0.2) is 9.48 Å². The Morgan fingerprint density at radius 2 is 2.04 bits per heavy atom. The van der Waals surface area contributed by atoms with Crippen molar-refractivity contribution >= 4 is 11.9 Å². The maximum absolute atomic E-state index is 12.3. The van der Waals surface area contributed by atoms with Crippen molar-refractivity contribution in [2.45, 2.75) is 39.2 Å². The van der Waals surface area contributed by atoms with Crippen molar-refractivity contribution in [1.29, 1.82) is 0 Å². The minimum atomic E-state index is -1.28. The van der Waals surface area contributed by atoms with E-state index in [1.165, 1.54) is 13.1 Å². The van der Waals surface area contributed by atoms with Gasteiger partial charge in [-0.15, -0.1) is 0 Å². The molecule has 2 aromatic rings. The van der Waals surface area contributed by atoms with Crippen LogP contribution >= 0.6 is 0 Å². The smallest absolute Gasteiger partial charge is 0.329 e. The van der Waals surface area contributed by atoms with Crippen LogP contribution in [0, 0.1) is 6.92 Å². The number of amides is 1. The number of carboxylic acid groups (broad SMARTS) is 1. The molecule has 1 aromatic heterocycles. The number of para-hydroxylation sites is 1. The van der Waals surface area contributed by atoms with Crippen LogP contribution in [0.15, 0.2) is 36.7 Å². The van der Waals surface area contributed by atoms with Gasteiger partial charge in [0.25, 0.3) is 5.91 Å². The molecule has 1 aromatic carbocycles. The van der Waals surface area contributed by atoms with E-state index in [4.69, 9.17) is 0 Å². The fourth-order valence-electron chi connectivity index (χ4n) is 2.44. The molecule has 0 spiro atoms. The molecule has 1 unspecified atom stereocenters. The third kappa shape index (κ3) is 3.59. The minimum Gasteiger partial charge on any atom is -0.480 e. The lowest BCUT2D eigenvalue weighted by Gasteiger charge is -2.25. The first-order chi connectivity index (χ1) is 10.9. The van der Waals surface area contributed by atoms with Crippen LogP contribution in [0.1, 0.15) is 42.6 Å². The molecule has 0 saturated carbocycles. The van der Waals surface area contributed by atoms with Gasteiger partial charge in [0.1, 0.15) is 5.54 Å². The second-order valence-corrected chi connectivity index (χ2v) is 5.80. The first-order valence-corrected chi connectivity index (χ1v) is 7.54. The number of carboxylic acids is 1. The number of nitrogens with zero attached hydrogens (tertiary/aromatic N) is 2. The van der Waals surface area contributed by atoms with E-state index < -0.39 is 17.4 Å². The lowest BCUT2D eigenvalue weighted by Crippen LogP contribution is -2.52. The Morgan fingerprint density at radius 1 is 1.35 bits per heavy atom. The minimum absolute atomic E-state index is 0.330. The Kier molecular flexibility index (Phi) is 4.83. The van der Waals surface area contributed by atoms with Gasteiger partial charge in [0.2, 0.25) is 0 Å². The number of nitrogens with one attached hydrogen (secondary N) is 1. The van der Waals surface area contributed by atoms with Crippen molar-refractivity contribution in [3.05, 3.63) is 47.8 Å². The molecule has 0 radical (unpaired) electrons. The van der Waals surface area contributed by atoms with E-state index in [1.54, 1.807) is 10.9 Å². The molecule has 1 heterocycles. The predicted octanol–water partition coefficient (Wildman–Crippen LogP) is 2.55. The molecule has 0 aliphatic heterocycles. The molecular formula is C17H21N3O3. The van der Waals surface area contributed by atoms with E-state index in [-0.39, 0.29) is 0 Å². The molecule has 1 amide bonds. The molecule has 0 aliphatic rings. The summed E-state index contributed by atoms with van der Waals surface area (Å²) < 4.78 is 1.61. The fraction of sp³-hybridized carbons (Fsp3) is 0.353. The molecule has 1 atom stereocenters. The summed E-state index contributed by atoms with van der Waals surface area (Å²) >= 11 is 0. The number of carbonyl (C=O) groups is 2. The fourth-order valence-corrected chi connectivity index (χ4v) is 2.44. The zero-order chi connectivity index (χ0) is 17.0. The molecule has 23 heavy (non-hydrogen) atoms. The zero-order valence-corrected chi connectivity index (χ0v) is 13.5. The van der Waals surface area contributed by atoms with E-state index >= 15 is 0 Å². The summed E-state index contributed by atoms with van der Waals surface area (Å²) in [5.41, 5.74) is 0.957. The molecule has 0 fully saturated rings. The maximum atomic E-state index is 12.3. The Morgan fingerprint density at radius 3 is 2.65 bits per heavy atom. The predicted molar refractivity (Wildman–Crippen MR) is 86.7 cm³/mol. The van der Waals surface area contributed by atoms with Crippen molar-refractivity contribution in [3.63, 3.8) is 0 Å². The van der Waals surface area contributed by atoms with Gasteiger partial charge in [-0.3, -0.25) is 4.79 Å². The molecule has 0 saturated heterocycles. The average molecular weight is 315 g/mol. The topological polar surface area (TPSA) is 84.2 Å². The van der Waals surface area contributed by atoms with Crippen LogP contribution in [0.5, 0.6) is 0 Å². The largest absolute Gasteiger partial charge is 0.480 e. The summed E-state index contributed by atoms with van der Waals surface area (Å²) in [7, 11) is 0. The van der Waals surface area contributed by atoms with Crippen molar-refractivity contribution in [2.75, 3.05) is 0 Å². The molecule has 122 valence electrons. The summed E-state index contributed by atoms with van der Waals surface area (Å²) in [5.74, 6) is -1.48. The van der Waals surface area contributed by atoms with Gasteiger partial charge in [-0.05, 0) is 31.9 Å². The summed E-state index contributed by atoms with van der Waals surface area (Å²) in [6.07, 6.45) is 4.06. The second kappa shape index (κ2) is 6.64. The highest BCUT2D eigenvalue weighted by molar-refractivity contribution is 5.97. The van der Waals surface area contributed by atoms with Gasteiger partial charge in [0.15, 0.2) is 0 Å². The standard InChI is InChI=1S/C17H21N3O3/c1-4-9-17(3,16(22)23)19-15(21)13-10-18-20(11-13)14-8-6-5-7-12(14)2/h5-8,10-11H,4,9H2,1-3H3,(H,19,21)(H,22,23). The van der Waals surface area contributed by atoms with Crippen LogP contribution in [0.2, 0.25) is 0 Å². The van der Waals surface area contributed by atoms with E-state index in [0.29, 0.717) is 18.4 Å². The number of benzene rings is 1. The van der Waals surface area contributed by atoms with Crippen LogP contribution in [0.4, 0.5) is 0 Å². The lowest BCUT2D eigenvalue weighted by molar-refractivity contribution is -0.144. The van der Waals surface area contributed by atoms with Crippen molar-refractivity contribution in [2.24, 2.45) is 0 Å². The highest BCUT2D eigenvalue weighted by atomic mass is 16.4. The summed E-state index contributed by atoms with van der Waals surface area (Å²) in [5, 5.41) is 16.1. The quantitative estimate of drug-likeness (QED) is 0.858. The van der Waals surface area contributed by atoms with Crippen LogP contribution in [-0.2, 0) is 4.79 Å². The zero-order valence-electron chi connectivity index (χ0n) is 13.5. The van der Waals surface area contributed by atoms with Gasteiger partial charge < -0.3 is 10.4 Å². The maximum Gasteiger partial charge on any atom is 0.329 e. The summed E-state index contributed by atoms with van der Waals surface area (Å²) in [4.78, 5) is 23.8. The molecule has 2 N–H and O–H groups in total. The highest BCUT2D eigenvalue weighted by Gasteiger charge is 2.34. The molecule has 2 rings (SSSR count). The van der Waals surface area contributed by atoms with Gasteiger partial charge in [0.05, 0.1) is 17.4 Å². The Bertz CT molecular complexity index is 723. The molecule has 0 aliphatic carbocycles. The molecular weight excluding hydrogens is 294 g/mol.